The molecule has 4 rings (SSSR count). The number of hydrogen-bond acceptors (Lipinski definition) is 6. The van der Waals surface area contributed by atoms with E-state index in [1.54, 1.807) is 73.7 Å². The maximum absolute atomic E-state index is 13.7. The second-order valence-corrected chi connectivity index (χ2v) is 10.3. The summed E-state index contributed by atoms with van der Waals surface area (Å²) in [4.78, 5) is 26.7. The lowest BCUT2D eigenvalue weighted by Crippen LogP contribution is -2.30. The van der Waals surface area contributed by atoms with E-state index >= 15 is 0 Å². The van der Waals surface area contributed by atoms with Gasteiger partial charge in [-0.2, -0.15) is 0 Å². The first-order valence-electron chi connectivity index (χ1n) is 11.5. The molecule has 7 nitrogen and oxygen atoms in total. The summed E-state index contributed by atoms with van der Waals surface area (Å²) in [6.45, 7) is 3.62. The normalized spacial score (nSPS) is 17.9. The lowest BCUT2D eigenvalue weighted by Gasteiger charge is -2.21. The smallest absolute Gasteiger partial charge is 0.324 e. The van der Waals surface area contributed by atoms with Gasteiger partial charge in [-0.15, -0.1) is 0 Å². The number of nitrogens with zero attached hydrogens (tertiary/aromatic N) is 1. The summed E-state index contributed by atoms with van der Waals surface area (Å²) in [5.74, 6) is -0.573. The molecular weight excluding hydrogens is 478 g/mol. The minimum absolute atomic E-state index is 0.0590. The number of para-hydroxylation sites is 1. The number of carbonyl (C=O) groups excluding carboxylic acids is 2. The van der Waals surface area contributed by atoms with E-state index in [1.165, 1.54) is 25.4 Å². The maximum Gasteiger partial charge on any atom is 0.324 e. The van der Waals surface area contributed by atoms with Crippen molar-refractivity contribution in [2.24, 2.45) is 5.41 Å². The predicted molar refractivity (Wildman–Crippen MR) is 136 cm³/mol. The minimum atomic E-state index is -4.04. The molecule has 3 aromatic carbocycles. The predicted octanol–water partition coefficient (Wildman–Crippen LogP) is 4.92. The number of Topliss-reactive ketones (excluding diaryl/α,β-unsaturated/α-hetero) is 1. The average Bonchev–Trinajstić information content (AvgIpc) is 3.63. The Morgan fingerprint density at radius 1 is 0.972 bits per heavy atom. The third-order valence-corrected chi connectivity index (χ3v) is 7.81. The Labute approximate surface area is 211 Å². The second-order valence-electron chi connectivity index (χ2n) is 8.46. The lowest BCUT2D eigenvalue weighted by molar-refractivity contribution is -0.147. The number of anilines is 1. The highest BCUT2D eigenvalue weighted by Crippen LogP contribution is 2.56. The molecule has 1 aliphatic carbocycles. The number of carbonyl (C=O) groups is 2. The van der Waals surface area contributed by atoms with Crippen LogP contribution in [0.5, 0.6) is 5.75 Å². The van der Waals surface area contributed by atoms with Gasteiger partial charge in [-0.25, -0.2) is 12.7 Å². The zero-order valence-electron chi connectivity index (χ0n) is 20.3. The van der Waals surface area contributed by atoms with Crippen molar-refractivity contribution in [1.82, 2.24) is 0 Å². The highest BCUT2D eigenvalue weighted by Gasteiger charge is 2.63. The van der Waals surface area contributed by atoms with Crippen LogP contribution in [-0.2, 0) is 19.6 Å². The second kappa shape index (κ2) is 9.99. The lowest BCUT2D eigenvalue weighted by atomic mass is 9.93. The monoisotopic (exact) mass is 505 g/mol. The van der Waals surface area contributed by atoms with Crippen molar-refractivity contribution < 1.29 is 27.5 Å². The SMILES string of the molecule is CCOC(=O)C1(C(=O)c2ccc(OC)cc2)C/C1=C\N(c1ccccc1)S(=O)(=O)c1ccc(C)cc1. The van der Waals surface area contributed by atoms with Crippen molar-refractivity contribution in [3.8, 4) is 5.75 Å². The van der Waals surface area contributed by atoms with Crippen LogP contribution in [0.25, 0.3) is 0 Å². The number of rotatable bonds is 9. The molecule has 3 aromatic rings. The van der Waals surface area contributed by atoms with E-state index in [0.717, 1.165) is 9.87 Å². The van der Waals surface area contributed by atoms with Crippen LogP contribution in [0.4, 0.5) is 5.69 Å². The molecule has 36 heavy (non-hydrogen) atoms. The zero-order chi connectivity index (χ0) is 25.9. The van der Waals surface area contributed by atoms with Crippen LogP contribution in [-0.4, -0.2) is 33.9 Å². The number of esters is 1. The van der Waals surface area contributed by atoms with Crippen LogP contribution in [0.1, 0.15) is 29.3 Å². The van der Waals surface area contributed by atoms with Gasteiger partial charge in [0.25, 0.3) is 10.0 Å². The first kappa shape index (κ1) is 25.2. The standard InChI is InChI=1S/C28H27NO6S/c1-4-35-27(31)28(26(30)21-12-14-24(34-3)15-13-21)18-22(28)19-29(23-8-6-5-7-9-23)36(32,33)25-16-10-20(2)11-17-25/h5-17,19H,4,18H2,1-3H3/b22-19+. The Morgan fingerprint density at radius 3 is 2.19 bits per heavy atom. The molecule has 0 radical (unpaired) electrons. The maximum atomic E-state index is 13.7. The molecule has 0 spiro atoms. The van der Waals surface area contributed by atoms with Gasteiger partial charge >= 0.3 is 5.97 Å². The number of methoxy groups -OCH3 is 1. The molecule has 1 fully saturated rings. The average molecular weight is 506 g/mol. The molecular formula is C28H27NO6S. The first-order chi connectivity index (χ1) is 17.2. The van der Waals surface area contributed by atoms with Gasteiger partial charge in [0.15, 0.2) is 11.2 Å². The van der Waals surface area contributed by atoms with Gasteiger partial charge in [-0.1, -0.05) is 35.9 Å². The van der Waals surface area contributed by atoms with Crippen molar-refractivity contribution in [1.29, 1.82) is 0 Å². The van der Waals surface area contributed by atoms with E-state index in [1.807, 2.05) is 6.92 Å². The van der Waals surface area contributed by atoms with Gasteiger partial charge < -0.3 is 9.47 Å². The largest absolute Gasteiger partial charge is 0.497 e. The van der Waals surface area contributed by atoms with Gasteiger partial charge in [-0.05, 0) is 74.4 Å². The molecule has 0 aromatic heterocycles. The number of ether oxygens (including phenoxy) is 2. The van der Waals surface area contributed by atoms with Gasteiger partial charge in [0.05, 0.1) is 24.3 Å². The fraction of sp³-hybridized carbons (Fsp3) is 0.214. The van der Waals surface area contributed by atoms with Crippen LogP contribution in [0.3, 0.4) is 0 Å². The summed E-state index contributed by atoms with van der Waals surface area (Å²) in [6.07, 6.45) is 1.44. The molecule has 1 unspecified atom stereocenters. The first-order valence-corrected chi connectivity index (χ1v) is 12.9. The third-order valence-electron chi connectivity index (χ3n) is 6.10. The van der Waals surface area contributed by atoms with Crippen LogP contribution < -0.4 is 9.04 Å². The Bertz CT molecular complexity index is 1400. The molecule has 0 saturated heterocycles. The Morgan fingerprint density at radius 2 is 1.61 bits per heavy atom. The summed E-state index contributed by atoms with van der Waals surface area (Å²) in [6, 6.07) is 21.5. The molecule has 1 aliphatic rings. The topological polar surface area (TPSA) is 90.0 Å². The van der Waals surface area contributed by atoms with E-state index in [0.29, 0.717) is 22.6 Å². The van der Waals surface area contributed by atoms with Gasteiger partial charge in [-0.3, -0.25) is 9.59 Å². The number of sulfonamides is 1. The molecule has 0 bridgehead atoms. The Kier molecular flexibility index (Phi) is 6.99. The quantitative estimate of drug-likeness (QED) is 0.233. The summed E-state index contributed by atoms with van der Waals surface area (Å²) in [7, 11) is -2.52. The van der Waals surface area contributed by atoms with Crippen LogP contribution >= 0.6 is 0 Å². The number of hydrogen-bond donors (Lipinski definition) is 0. The van der Waals surface area contributed by atoms with Crippen molar-refractivity contribution >= 4 is 27.5 Å². The third kappa shape index (κ3) is 4.64. The molecule has 1 saturated carbocycles. The van der Waals surface area contributed by atoms with E-state index in [9.17, 15) is 18.0 Å². The van der Waals surface area contributed by atoms with Crippen LogP contribution in [0, 0.1) is 12.3 Å². The van der Waals surface area contributed by atoms with Crippen molar-refractivity contribution in [3.05, 3.63) is 102 Å². The molecule has 186 valence electrons. The van der Waals surface area contributed by atoms with Crippen molar-refractivity contribution in [2.75, 3.05) is 18.0 Å². The summed E-state index contributed by atoms with van der Waals surface area (Å²) >= 11 is 0. The molecule has 0 heterocycles. The van der Waals surface area contributed by atoms with Crippen molar-refractivity contribution in [2.45, 2.75) is 25.2 Å². The highest BCUT2D eigenvalue weighted by molar-refractivity contribution is 7.93. The fourth-order valence-corrected chi connectivity index (χ4v) is 5.36. The van der Waals surface area contributed by atoms with Gasteiger partial charge in [0.1, 0.15) is 5.75 Å². The van der Waals surface area contributed by atoms with E-state index in [2.05, 4.69) is 0 Å². The number of benzene rings is 3. The van der Waals surface area contributed by atoms with Crippen LogP contribution in [0.2, 0.25) is 0 Å². The molecule has 0 aliphatic heterocycles. The number of ketones is 1. The molecule has 0 N–H and O–H groups in total. The van der Waals surface area contributed by atoms with Crippen molar-refractivity contribution in [3.63, 3.8) is 0 Å². The fourth-order valence-electron chi connectivity index (χ4n) is 3.99. The van der Waals surface area contributed by atoms with Gasteiger partial charge in [0, 0.05) is 11.8 Å². The molecule has 1 atom stereocenters. The molecule has 8 heteroatoms. The zero-order valence-corrected chi connectivity index (χ0v) is 21.1. The van der Waals surface area contributed by atoms with Crippen LogP contribution in [0.15, 0.2) is 95.5 Å². The summed E-state index contributed by atoms with van der Waals surface area (Å²) in [5, 5.41) is 0. The Balaban J connectivity index is 1.80. The van der Waals surface area contributed by atoms with E-state index in [-0.39, 0.29) is 17.9 Å². The van der Waals surface area contributed by atoms with Gasteiger partial charge in [0.2, 0.25) is 0 Å². The van der Waals surface area contributed by atoms with E-state index in [4.69, 9.17) is 9.47 Å². The minimum Gasteiger partial charge on any atom is -0.497 e. The number of aryl methyl sites for hydroxylation is 1. The molecule has 0 amide bonds. The summed E-state index contributed by atoms with van der Waals surface area (Å²) in [5.41, 5.74) is 0.390. The Hall–Kier alpha value is -3.91. The summed E-state index contributed by atoms with van der Waals surface area (Å²) < 4.78 is 38.9. The van der Waals surface area contributed by atoms with E-state index < -0.39 is 27.2 Å². The highest BCUT2D eigenvalue weighted by atomic mass is 32.2.